The normalized spacial score (nSPS) is 17.7. The van der Waals surface area contributed by atoms with Crippen molar-refractivity contribution in [2.75, 3.05) is 31.1 Å². The lowest BCUT2D eigenvalue weighted by atomic mass is 10.2. The molecule has 2 amide bonds. The monoisotopic (exact) mass is 334 g/mol. The van der Waals surface area contributed by atoms with Gasteiger partial charge in [0, 0.05) is 43.9 Å². The van der Waals surface area contributed by atoms with Crippen LogP contribution < -0.4 is 15.5 Å². The lowest BCUT2D eigenvalue weighted by molar-refractivity contribution is -0.121. The molecule has 0 unspecified atom stereocenters. The van der Waals surface area contributed by atoms with Crippen molar-refractivity contribution in [1.29, 1.82) is 0 Å². The molecule has 1 atom stereocenters. The molecule has 132 valence electrons. The number of rotatable bonds is 6. The molecule has 24 heavy (non-hydrogen) atoms. The number of hydrogen-bond donors (Lipinski definition) is 2. The minimum atomic E-state index is -0.197. The minimum absolute atomic E-state index is 0.0666. The zero-order valence-electron chi connectivity index (χ0n) is 14.5. The molecule has 1 saturated heterocycles. The van der Waals surface area contributed by atoms with Gasteiger partial charge in [-0.15, -0.1) is 0 Å². The van der Waals surface area contributed by atoms with E-state index in [1.807, 2.05) is 20.8 Å². The molecule has 1 aromatic rings. The van der Waals surface area contributed by atoms with Gasteiger partial charge in [-0.05, 0) is 32.9 Å². The average Bonchev–Trinajstić information content (AvgIpc) is 2.54. The molecular weight excluding hydrogens is 308 g/mol. The molecule has 0 radical (unpaired) electrons. The Bertz CT molecular complexity index is 577. The molecule has 2 heterocycles. The Morgan fingerprint density at radius 3 is 2.96 bits per heavy atom. The maximum absolute atomic E-state index is 12.2. The van der Waals surface area contributed by atoms with Crippen molar-refractivity contribution in [3.05, 3.63) is 23.9 Å². The van der Waals surface area contributed by atoms with Crippen LogP contribution >= 0.6 is 0 Å². The van der Waals surface area contributed by atoms with E-state index in [1.165, 1.54) is 0 Å². The van der Waals surface area contributed by atoms with Gasteiger partial charge in [0.2, 0.25) is 5.91 Å². The van der Waals surface area contributed by atoms with E-state index < -0.39 is 0 Å². The summed E-state index contributed by atoms with van der Waals surface area (Å²) in [6, 6.07) is 3.56. The summed E-state index contributed by atoms with van der Waals surface area (Å²) >= 11 is 0. The Morgan fingerprint density at radius 1 is 1.46 bits per heavy atom. The second-order valence-corrected chi connectivity index (χ2v) is 6.26. The molecule has 0 saturated carbocycles. The highest BCUT2D eigenvalue weighted by atomic mass is 16.5. The van der Waals surface area contributed by atoms with Crippen LogP contribution in [0.5, 0.6) is 0 Å². The number of anilines is 1. The summed E-state index contributed by atoms with van der Waals surface area (Å²) in [6.45, 7) is 8.31. The molecule has 0 bridgehead atoms. The van der Waals surface area contributed by atoms with Crippen LogP contribution in [-0.4, -0.2) is 55.2 Å². The highest BCUT2D eigenvalue weighted by molar-refractivity contribution is 5.95. The topological polar surface area (TPSA) is 83.6 Å². The van der Waals surface area contributed by atoms with Crippen LogP contribution in [0, 0.1) is 0 Å². The van der Waals surface area contributed by atoms with Crippen molar-refractivity contribution in [1.82, 2.24) is 15.6 Å². The first-order chi connectivity index (χ1) is 11.5. The zero-order valence-corrected chi connectivity index (χ0v) is 14.5. The number of aromatic nitrogens is 1. The number of nitrogens with one attached hydrogen (secondary N) is 2. The van der Waals surface area contributed by atoms with E-state index in [2.05, 4.69) is 20.5 Å². The smallest absolute Gasteiger partial charge is 0.251 e. The Labute approximate surface area is 142 Å². The van der Waals surface area contributed by atoms with Crippen LogP contribution in [0.25, 0.3) is 0 Å². The number of hydrogen-bond acceptors (Lipinski definition) is 5. The molecule has 2 N–H and O–H groups in total. The Hall–Kier alpha value is -2.15. The summed E-state index contributed by atoms with van der Waals surface area (Å²) in [4.78, 5) is 30.3. The van der Waals surface area contributed by atoms with Crippen LogP contribution in [0.4, 0.5) is 5.82 Å². The first kappa shape index (κ1) is 18.2. The van der Waals surface area contributed by atoms with Gasteiger partial charge < -0.3 is 20.3 Å². The largest absolute Gasteiger partial charge is 0.375 e. The summed E-state index contributed by atoms with van der Waals surface area (Å²) in [5.41, 5.74) is 0.545. The molecular formula is C17H26N4O3. The van der Waals surface area contributed by atoms with Crippen molar-refractivity contribution in [3.8, 4) is 0 Å². The highest BCUT2D eigenvalue weighted by Gasteiger charge is 2.19. The van der Waals surface area contributed by atoms with Gasteiger partial charge in [0.1, 0.15) is 5.82 Å². The molecule has 1 fully saturated rings. The Kier molecular flexibility index (Phi) is 6.54. The second-order valence-electron chi connectivity index (χ2n) is 6.26. The second kappa shape index (κ2) is 8.63. The van der Waals surface area contributed by atoms with Crippen LogP contribution in [0.1, 0.15) is 37.6 Å². The van der Waals surface area contributed by atoms with Crippen molar-refractivity contribution >= 4 is 17.6 Å². The molecule has 0 spiro atoms. The molecule has 0 aliphatic carbocycles. The molecule has 1 aliphatic rings. The number of pyridine rings is 1. The fraction of sp³-hybridized carbons (Fsp3) is 0.588. The summed E-state index contributed by atoms with van der Waals surface area (Å²) in [7, 11) is 0. The number of carbonyl (C=O) groups excluding carboxylic acids is 2. The molecule has 7 heteroatoms. The van der Waals surface area contributed by atoms with Gasteiger partial charge in [-0.1, -0.05) is 0 Å². The van der Waals surface area contributed by atoms with Crippen LogP contribution in [-0.2, 0) is 9.53 Å². The van der Waals surface area contributed by atoms with Gasteiger partial charge in [0.25, 0.3) is 5.91 Å². The predicted molar refractivity (Wildman–Crippen MR) is 92.1 cm³/mol. The summed E-state index contributed by atoms with van der Waals surface area (Å²) in [6.07, 6.45) is 2.05. The standard InChI is InChI=1S/C17H26N4O3/c1-12(2)20-16(22)5-7-19-17(23)14-4-6-18-15(10-14)21-8-9-24-13(3)11-21/h4,6,10,12-13H,5,7-9,11H2,1-3H3,(H,19,23)(H,20,22)/t13-/m0/s1. The first-order valence-electron chi connectivity index (χ1n) is 8.36. The molecule has 0 aromatic carbocycles. The summed E-state index contributed by atoms with van der Waals surface area (Å²) in [5, 5.41) is 5.57. The molecule has 1 aliphatic heterocycles. The average molecular weight is 334 g/mol. The van der Waals surface area contributed by atoms with E-state index in [1.54, 1.807) is 18.3 Å². The predicted octanol–water partition coefficient (Wildman–Crippen LogP) is 0.951. The van der Waals surface area contributed by atoms with E-state index in [9.17, 15) is 9.59 Å². The fourth-order valence-corrected chi connectivity index (χ4v) is 2.54. The maximum Gasteiger partial charge on any atom is 0.251 e. The van der Waals surface area contributed by atoms with Gasteiger partial charge in [-0.25, -0.2) is 4.98 Å². The number of carbonyl (C=O) groups is 2. The quantitative estimate of drug-likeness (QED) is 0.809. The van der Waals surface area contributed by atoms with Crippen LogP contribution in [0.2, 0.25) is 0 Å². The highest BCUT2D eigenvalue weighted by Crippen LogP contribution is 2.16. The van der Waals surface area contributed by atoms with E-state index in [4.69, 9.17) is 4.74 Å². The lowest BCUT2D eigenvalue weighted by Crippen LogP contribution is -2.41. The Balaban J connectivity index is 1.88. The van der Waals surface area contributed by atoms with Crippen molar-refractivity contribution in [2.45, 2.75) is 39.3 Å². The van der Waals surface area contributed by atoms with E-state index in [0.717, 1.165) is 18.9 Å². The zero-order chi connectivity index (χ0) is 17.5. The third-order valence-corrected chi connectivity index (χ3v) is 3.66. The number of amides is 2. The maximum atomic E-state index is 12.2. The van der Waals surface area contributed by atoms with E-state index >= 15 is 0 Å². The van der Waals surface area contributed by atoms with Crippen molar-refractivity contribution in [3.63, 3.8) is 0 Å². The van der Waals surface area contributed by atoms with Gasteiger partial charge in [-0.3, -0.25) is 9.59 Å². The van der Waals surface area contributed by atoms with E-state index in [0.29, 0.717) is 18.7 Å². The third-order valence-electron chi connectivity index (χ3n) is 3.66. The Morgan fingerprint density at radius 2 is 2.25 bits per heavy atom. The minimum Gasteiger partial charge on any atom is -0.375 e. The van der Waals surface area contributed by atoms with Gasteiger partial charge in [0.05, 0.1) is 12.7 Å². The van der Waals surface area contributed by atoms with E-state index in [-0.39, 0.29) is 30.4 Å². The van der Waals surface area contributed by atoms with Crippen molar-refractivity contribution < 1.29 is 14.3 Å². The number of ether oxygens (including phenoxy) is 1. The fourth-order valence-electron chi connectivity index (χ4n) is 2.54. The lowest BCUT2D eigenvalue weighted by Gasteiger charge is -2.32. The summed E-state index contributed by atoms with van der Waals surface area (Å²) < 4.78 is 5.52. The van der Waals surface area contributed by atoms with Gasteiger partial charge in [0.15, 0.2) is 0 Å². The summed E-state index contributed by atoms with van der Waals surface area (Å²) in [5.74, 6) is 0.510. The van der Waals surface area contributed by atoms with Crippen molar-refractivity contribution in [2.24, 2.45) is 0 Å². The number of nitrogens with zero attached hydrogens (tertiary/aromatic N) is 2. The van der Waals surface area contributed by atoms with Crippen LogP contribution in [0.15, 0.2) is 18.3 Å². The van der Waals surface area contributed by atoms with Gasteiger partial charge in [-0.2, -0.15) is 0 Å². The molecule has 1 aromatic heterocycles. The van der Waals surface area contributed by atoms with Crippen LogP contribution in [0.3, 0.4) is 0 Å². The van der Waals surface area contributed by atoms with Gasteiger partial charge >= 0.3 is 0 Å². The SMILES string of the molecule is CC(C)NC(=O)CCNC(=O)c1ccnc(N2CCO[C@@H](C)C2)c1. The molecule has 7 nitrogen and oxygen atoms in total. The number of morpholine rings is 1. The first-order valence-corrected chi connectivity index (χ1v) is 8.36. The third kappa shape index (κ3) is 5.49. The molecule has 2 rings (SSSR count).